The van der Waals surface area contributed by atoms with Gasteiger partial charge >= 0.3 is 11.9 Å². The molecule has 0 heterocycles. The molecule has 0 saturated heterocycles. The van der Waals surface area contributed by atoms with E-state index in [2.05, 4.69) is 25.1 Å². The molecule has 0 amide bonds. The minimum absolute atomic E-state index is 0.364. The zero-order valence-corrected chi connectivity index (χ0v) is 19.8. The number of carboxylic acids is 2. The summed E-state index contributed by atoms with van der Waals surface area (Å²) in [7, 11) is 0. The van der Waals surface area contributed by atoms with Gasteiger partial charge in [0.05, 0.1) is 10.8 Å². The van der Waals surface area contributed by atoms with Crippen LogP contribution in [-0.4, -0.2) is 22.2 Å². The van der Waals surface area contributed by atoms with Crippen LogP contribution >= 0.6 is 0 Å². The average molecular weight is 431 g/mol. The molecule has 1 aromatic carbocycles. The summed E-state index contributed by atoms with van der Waals surface area (Å²) in [5.41, 5.74) is 3.25. The van der Waals surface area contributed by atoms with Crippen LogP contribution in [0.5, 0.6) is 0 Å². The van der Waals surface area contributed by atoms with E-state index >= 15 is 0 Å². The Labute approximate surface area is 188 Å². The maximum Gasteiger partial charge on any atom is 0.309 e. The number of unbranched alkanes of at least 4 members (excludes halogenated alkanes) is 6. The molecule has 1 saturated carbocycles. The van der Waals surface area contributed by atoms with E-state index in [1.165, 1.54) is 29.5 Å². The fourth-order valence-electron chi connectivity index (χ4n) is 4.36. The second-order valence-corrected chi connectivity index (χ2v) is 10.4. The highest BCUT2D eigenvalue weighted by Gasteiger charge is 2.49. The number of aliphatic carboxylic acids is 2. The van der Waals surface area contributed by atoms with Gasteiger partial charge in [0, 0.05) is 0 Å². The zero-order valence-electron chi connectivity index (χ0n) is 19.8. The van der Waals surface area contributed by atoms with Crippen molar-refractivity contribution in [2.24, 2.45) is 10.8 Å². The van der Waals surface area contributed by atoms with Gasteiger partial charge in [0.25, 0.3) is 0 Å². The minimum Gasteiger partial charge on any atom is -0.481 e. The molecule has 0 radical (unpaired) electrons. The minimum atomic E-state index is -0.702. The van der Waals surface area contributed by atoms with E-state index in [1.54, 1.807) is 0 Å². The van der Waals surface area contributed by atoms with Crippen LogP contribution in [0, 0.1) is 17.8 Å². The van der Waals surface area contributed by atoms with E-state index < -0.39 is 17.4 Å². The maximum absolute atomic E-state index is 11.2. The third kappa shape index (κ3) is 8.31. The van der Waals surface area contributed by atoms with Crippen LogP contribution in [0.1, 0.15) is 108 Å². The van der Waals surface area contributed by atoms with E-state index in [0.29, 0.717) is 0 Å². The Kier molecular flexibility index (Phi) is 9.58. The molecule has 174 valence electrons. The van der Waals surface area contributed by atoms with E-state index in [9.17, 15) is 19.8 Å². The molecule has 0 bridgehead atoms. The fraction of sp³-hybridized carbons (Fsp3) is 0.704. The molecule has 4 heteroatoms. The summed E-state index contributed by atoms with van der Waals surface area (Å²) in [5, 5.41) is 18.4. The van der Waals surface area contributed by atoms with Gasteiger partial charge in [0.1, 0.15) is 0 Å². The van der Waals surface area contributed by atoms with E-state index in [0.717, 1.165) is 77.0 Å². The molecule has 1 aromatic rings. The summed E-state index contributed by atoms with van der Waals surface area (Å²) in [6, 6.07) is 6.85. The summed E-state index contributed by atoms with van der Waals surface area (Å²) in [5.74, 6) is -1.30. The van der Waals surface area contributed by atoms with Gasteiger partial charge in [-0.25, -0.2) is 0 Å². The molecule has 1 aliphatic rings. The Morgan fingerprint density at radius 3 is 2.13 bits per heavy atom. The van der Waals surface area contributed by atoms with E-state index in [-0.39, 0.29) is 5.41 Å². The summed E-state index contributed by atoms with van der Waals surface area (Å²) < 4.78 is 0. The SMILES string of the molecule is Cc1ccc(CCCCCCC(C)(C)C(=O)O)cc1CCCCCCC1(C(=O)O)CC1. The van der Waals surface area contributed by atoms with E-state index in [1.807, 2.05) is 13.8 Å². The number of carboxylic acid groups (broad SMARTS) is 2. The van der Waals surface area contributed by atoms with Gasteiger partial charge in [-0.15, -0.1) is 0 Å². The van der Waals surface area contributed by atoms with Crippen LogP contribution < -0.4 is 0 Å². The molecule has 0 aliphatic heterocycles. The van der Waals surface area contributed by atoms with Crippen molar-refractivity contribution in [1.82, 2.24) is 0 Å². The van der Waals surface area contributed by atoms with Crippen molar-refractivity contribution >= 4 is 11.9 Å². The van der Waals surface area contributed by atoms with Crippen LogP contribution in [0.15, 0.2) is 18.2 Å². The fourth-order valence-corrected chi connectivity index (χ4v) is 4.36. The number of rotatable bonds is 16. The molecule has 2 rings (SSSR count). The summed E-state index contributed by atoms with van der Waals surface area (Å²) in [6.07, 6.45) is 14.4. The van der Waals surface area contributed by atoms with Crippen molar-refractivity contribution in [2.45, 2.75) is 111 Å². The topological polar surface area (TPSA) is 74.6 Å². The number of benzene rings is 1. The lowest BCUT2D eigenvalue weighted by Gasteiger charge is -2.18. The highest BCUT2D eigenvalue weighted by Crippen LogP contribution is 2.50. The molecule has 2 N–H and O–H groups in total. The number of hydrogen-bond acceptors (Lipinski definition) is 2. The molecular weight excluding hydrogens is 388 g/mol. The highest BCUT2D eigenvalue weighted by atomic mass is 16.4. The molecule has 1 aliphatic carbocycles. The molecule has 0 aromatic heterocycles. The van der Waals surface area contributed by atoms with Crippen LogP contribution in [-0.2, 0) is 22.4 Å². The predicted molar refractivity (Wildman–Crippen MR) is 125 cm³/mol. The van der Waals surface area contributed by atoms with Gasteiger partial charge in [-0.1, -0.05) is 56.7 Å². The van der Waals surface area contributed by atoms with Gasteiger partial charge < -0.3 is 10.2 Å². The van der Waals surface area contributed by atoms with Crippen molar-refractivity contribution in [3.8, 4) is 0 Å². The number of aryl methyl sites for hydroxylation is 3. The maximum atomic E-state index is 11.2. The molecule has 1 fully saturated rings. The average Bonchev–Trinajstić information content (AvgIpc) is 3.50. The second kappa shape index (κ2) is 11.7. The summed E-state index contributed by atoms with van der Waals surface area (Å²) in [4.78, 5) is 22.4. The molecule has 0 atom stereocenters. The monoisotopic (exact) mass is 430 g/mol. The molecule has 4 nitrogen and oxygen atoms in total. The molecule has 0 unspecified atom stereocenters. The Morgan fingerprint density at radius 1 is 0.903 bits per heavy atom. The zero-order chi connectivity index (χ0) is 22.9. The normalized spacial score (nSPS) is 15.1. The first-order valence-electron chi connectivity index (χ1n) is 12.2. The summed E-state index contributed by atoms with van der Waals surface area (Å²) >= 11 is 0. The first kappa shape index (κ1) is 25.4. The van der Waals surface area contributed by atoms with Crippen molar-refractivity contribution in [1.29, 1.82) is 0 Å². The molecular formula is C27H42O4. The van der Waals surface area contributed by atoms with Crippen LogP contribution in [0.25, 0.3) is 0 Å². The third-order valence-electron chi connectivity index (χ3n) is 7.17. The number of hydrogen-bond donors (Lipinski definition) is 2. The van der Waals surface area contributed by atoms with Crippen molar-refractivity contribution < 1.29 is 19.8 Å². The second-order valence-electron chi connectivity index (χ2n) is 10.4. The lowest BCUT2D eigenvalue weighted by molar-refractivity contribution is -0.147. The first-order chi connectivity index (χ1) is 14.7. The lowest BCUT2D eigenvalue weighted by Crippen LogP contribution is -2.23. The summed E-state index contributed by atoms with van der Waals surface area (Å²) in [6.45, 7) is 5.80. The quantitative estimate of drug-likeness (QED) is 0.278. The van der Waals surface area contributed by atoms with Crippen LogP contribution in [0.4, 0.5) is 0 Å². The smallest absolute Gasteiger partial charge is 0.309 e. The van der Waals surface area contributed by atoms with Crippen LogP contribution in [0.2, 0.25) is 0 Å². The third-order valence-corrected chi connectivity index (χ3v) is 7.17. The van der Waals surface area contributed by atoms with Gasteiger partial charge in [0.15, 0.2) is 0 Å². The Bertz CT molecular complexity index is 731. The Hall–Kier alpha value is -1.84. The first-order valence-corrected chi connectivity index (χ1v) is 12.2. The van der Waals surface area contributed by atoms with Gasteiger partial charge in [-0.3, -0.25) is 9.59 Å². The van der Waals surface area contributed by atoms with Gasteiger partial charge in [-0.05, 0) is 88.8 Å². The Morgan fingerprint density at radius 2 is 1.52 bits per heavy atom. The standard InChI is InChI=1S/C27H42O4/c1-21-14-15-22(12-8-4-6-10-16-26(2,3)24(28)29)20-23(21)13-9-5-7-11-17-27(18-19-27)25(30)31/h14-15,20H,4-13,16-19H2,1-3H3,(H,28,29)(H,30,31). The largest absolute Gasteiger partial charge is 0.481 e. The lowest BCUT2D eigenvalue weighted by atomic mass is 9.87. The highest BCUT2D eigenvalue weighted by molar-refractivity contribution is 5.77. The Balaban J connectivity index is 1.61. The van der Waals surface area contributed by atoms with Crippen LogP contribution in [0.3, 0.4) is 0 Å². The van der Waals surface area contributed by atoms with Crippen molar-refractivity contribution in [2.75, 3.05) is 0 Å². The molecule has 0 spiro atoms. The predicted octanol–water partition coefficient (Wildman–Crippen LogP) is 6.96. The molecule has 31 heavy (non-hydrogen) atoms. The van der Waals surface area contributed by atoms with E-state index in [4.69, 9.17) is 0 Å². The van der Waals surface area contributed by atoms with Crippen molar-refractivity contribution in [3.05, 3.63) is 34.9 Å². The number of carbonyl (C=O) groups is 2. The van der Waals surface area contributed by atoms with Crippen molar-refractivity contribution in [3.63, 3.8) is 0 Å². The van der Waals surface area contributed by atoms with Gasteiger partial charge in [-0.2, -0.15) is 0 Å². The van der Waals surface area contributed by atoms with Gasteiger partial charge in [0.2, 0.25) is 0 Å².